The highest BCUT2D eigenvalue weighted by molar-refractivity contribution is 7.15. The van der Waals surface area contributed by atoms with Gasteiger partial charge in [-0.2, -0.15) is 13.2 Å². The van der Waals surface area contributed by atoms with E-state index in [0.29, 0.717) is 10.1 Å². The Kier molecular flexibility index (Phi) is 4.90. The minimum atomic E-state index is -4.12. The molecule has 0 saturated carbocycles. The van der Waals surface area contributed by atoms with Gasteiger partial charge < -0.3 is 4.74 Å². The third-order valence-corrected chi connectivity index (χ3v) is 2.39. The summed E-state index contributed by atoms with van der Waals surface area (Å²) in [6, 6.07) is 0. The fraction of sp³-hybridized carbons (Fsp3) is 0.714. The lowest BCUT2D eigenvalue weighted by molar-refractivity contribution is -0.138. The summed E-state index contributed by atoms with van der Waals surface area (Å²) in [5, 5.41) is 8.37. The lowest BCUT2D eigenvalue weighted by Crippen LogP contribution is -2.08. The van der Waals surface area contributed by atoms with Gasteiger partial charge in [0, 0.05) is 13.0 Å². The molecule has 0 bridgehead atoms. The van der Waals surface area contributed by atoms with Crippen LogP contribution in [0.4, 0.5) is 18.3 Å². The van der Waals surface area contributed by atoms with E-state index in [2.05, 4.69) is 15.6 Å². The summed E-state index contributed by atoms with van der Waals surface area (Å²) in [5.74, 6) is 5.08. The van der Waals surface area contributed by atoms with Crippen LogP contribution in [0.15, 0.2) is 0 Å². The van der Waals surface area contributed by atoms with Gasteiger partial charge in [0.25, 0.3) is 0 Å². The van der Waals surface area contributed by atoms with Gasteiger partial charge in [-0.25, -0.2) is 5.84 Å². The quantitative estimate of drug-likeness (QED) is 0.460. The molecular weight excluding hydrogens is 245 g/mol. The molecule has 0 saturated heterocycles. The number of hydrazine groups is 1. The molecule has 0 fully saturated rings. The van der Waals surface area contributed by atoms with E-state index in [4.69, 9.17) is 10.6 Å². The summed E-state index contributed by atoms with van der Waals surface area (Å²) in [6.45, 7) is 0.196. The zero-order valence-corrected chi connectivity index (χ0v) is 9.07. The Bertz CT molecular complexity index is 317. The molecule has 1 aromatic rings. The van der Waals surface area contributed by atoms with Crippen molar-refractivity contribution in [3.05, 3.63) is 5.01 Å². The number of aromatic nitrogens is 2. The highest BCUT2D eigenvalue weighted by Crippen LogP contribution is 2.21. The van der Waals surface area contributed by atoms with E-state index in [9.17, 15) is 13.2 Å². The molecule has 1 heterocycles. The van der Waals surface area contributed by atoms with Gasteiger partial charge in [0.1, 0.15) is 11.6 Å². The summed E-state index contributed by atoms with van der Waals surface area (Å²) in [7, 11) is 0. The monoisotopic (exact) mass is 256 g/mol. The summed E-state index contributed by atoms with van der Waals surface area (Å²) in [4.78, 5) is 0. The average Bonchev–Trinajstić information content (AvgIpc) is 2.63. The molecule has 0 aliphatic rings. The summed E-state index contributed by atoms with van der Waals surface area (Å²) in [6.07, 6.45) is -5.01. The maximum atomic E-state index is 11.8. The Hall–Kier alpha value is -0.930. The fourth-order valence-electron chi connectivity index (χ4n) is 0.904. The van der Waals surface area contributed by atoms with Gasteiger partial charge in [-0.05, 0) is 6.42 Å². The van der Waals surface area contributed by atoms with Crippen molar-refractivity contribution in [2.45, 2.75) is 25.6 Å². The molecule has 0 unspecified atom stereocenters. The molecule has 92 valence electrons. The largest absolute Gasteiger partial charge is 0.389 e. The van der Waals surface area contributed by atoms with Gasteiger partial charge in [0.15, 0.2) is 0 Å². The molecule has 0 atom stereocenters. The van der Waals surface area contributed by atoms with Crippen molar-refractivity contribution >= 4 is 16.5 Å². The molecule has 9 heteroatoms. The van der Waals surface area contributed by atoms with Gasteiger partial charge >= 0.3 is 6.18 Å². The number of nitrogen functional groups attached to an aromatic ring is 1. The van der Waals surface area contributed by atoms with Crippen LogP contribution in [0.25, 0.3) is 0 Å². The standard InChI is InChI=1S/C7H11F3N4OS/c8-7(9,10)2-1-3-15-4-5-13-14-6(12-11)16-5/h1-4,11H2,(H,12,14). The molecule has 16 heavy (non-hydrogen) atoms. The van der Waals surface area contributed by atoms with E-state index in [1.165, 1.54) is 11.3 Å². The van der Waals surface area contributed by atoms with E-state index >= 15 is 0 Å². The lowest BCUT2D eigenvalue weighted by atomic mass is 10.3. The molecule has 3 N–H and O–H groups in total. The number of alkyl halides is 3. The summed E-state index contributed by atoms with van der Waals surface area (Å²) in [5.41, 5.74) is 2.31. The Morgan fingerprint density at radius 2 is 2.12 bits per heavy atom. The fourth-order valence-corrected chi connectivity index (χ4v) is 1.49. The predicted octanol–water partition coefficient (Wildman–Crippen LogP) is 1.68. The Morgan fingerprint density at radius 3 is 2.69 bits per heavy atom. The van der Waals surface area contributed by atoms with Crippen LogP contribution in [-0.4, -0.2) is 23.0 Å². The third-order valence-electron chi connectivity index (χ3n) is 1.56. The molecule has 1 aromatic heterocycles. The normalized spacial score (nSPS) is 11.8. The average molecular weight is 256 g/mol. The highest BCUT2D eigenvalue weighted by Gasteiger charge is 2.25. The lowest BCUT2D eigenvalue weighted by Gasteiger charge is -2.05. The topological polar surface area (TPSA) is 73.1 Å². The zero-order chi connectivity index (χ0) is 12.0. The number of nitrogens with one attached hydrogen (secondary N) is 1. The first-order valence-corrected chi connectivity index (χ1v) is 5.26. The van der Waals surface area contributed by atoms with Crippen molar-refractivity contribution < 1.29 is 17.9 Å². The van der Waals surface area contributed by atoms with Crippen LogP contribution < -0.4 is 11.3 Å². The highest BCUT2D eigenvalue weighted by atomic mass is 32.1. The first-order chi connectivity index (χ1) is 7.51. The van der Waals surface area contributed by atoms with E-state index in [0.717, 1.165) is 0 Å². The van der Waals surface area contributed by atoms with Crippen LogP contribution in [0.2, 0.25) is 0 Å². The second kappa shape index (κ2) is 5.97. The first-order valence-electron chi connectivity index (χ1n) is 4.45. The third kappa shape index (κ3) is 5.24. The van der Waals surface area contributed by atoms with Crippen molar-refractivity contribution in [2.24, 2.45) is 5.84 Å². The molecule has 1 rings (SSSR count). The number of halogens is 3. The minimum Gasteiger partial charge on any atom is -0.374 e. The van der Waals surface area contributed by atoms with E-state index in [-0.39, 0.29) is 19.6 Å². The molecule has 0 aromatic carbocycles. The Morgan fingerprint density at radius 1 is 1.38 bits per heavy atom. The Balaban J connectivity index is 2.11. The summed E-state index contributed by atoms with van der Waals surface area (Å²) >= 11 is 1.19. The molecule has 0 radical (unpaired) electrons. The van der Waals surface area contributed by atoms with Gasteiger partial charge in [-0.1, -0.05) is 11.3 Å². The number of hydrogen-bond acceptors (Lipinski definition) is 6. The van der Waals surface area contributed by atoms with Crippen LogP contribution in [0, 0.1) is 0 Å². The molecule has 5 nitrogen and oxygen atoms in total. The molecular formula is C7H11F3N4OS. The molecule has 0 aliphatic carbocycles. The van der Waals surface area contributed by atoms with Crippen LogP contribution in [-0.2, 0) is 11.3 Å². The molecule has 0 aliphatic heterocycles. The predicted molar refractivity (Wildman–Crippen MR) is 52.7 cm³/mol. The van der Waals surface area contributed by atoms with Crippen molar-refractivity contribution in [3.8, 4) is 0 Å². The van der Waals surface area contributed by atoms with E-state index in [1.54, 1.807) is 0 Å². The van der Waals surface area contributed by atoms with Gasteiger partial charge in [0.2, 0.25) is 5.13 Å². The summed E-state index contributed by atoms with van der Waals surface area (Å²) < 4.78 is 40.3. The number of nitrogens with zero attached hydrogens (tertiary/aromatic N) is 2. The van der Waals surface area contributed by atoms with Gasteiger partial charge in [-0.3, -0.25) is 5.43 Å². The molecule has 0 spiro atoms. The number of nitrogens with two attached hydrogens (primary N) is 1. The van der Waals surface area contributed by atoms with Crippen molar-refractivity contribution in [1.82, 2.24) is 10.2 Å². The second-order valence-electron chi connectivity index (χ2n) is 2.92. The number of rotatable bonds is 6. The number of hydrogen-bond donors (Lipinski definition) is 2. The molecule has 0 amide bonds. The van der Waals surface area contributed by atoms with Crippen LogP contribution >= 0.6 is 11.3 Å². The smallest absolute Gasteiger partial charge is 0.374 e. The first kappa shape index (κ1) is 13.1. The SMILES string of the molecule is NNc1nnc(COCCCC(F)(F)F)s1. The number of anilines is 1. The maximum absolute atomic E-state index is 11.8. The van der Waals surface area contributed by atoms with Crippen molar-refractivity contribution in [2.75, 3.05) is 12.0 Å². The van der Waals surface area contributed by atoms with Crippen LogP contribution in [0.5, 0.6) is 0 Å². The maximum Gasteiger partial charge on any atom is 0.389 e. The Labute approximate surface area is 93.8 Å². The minimum absolute atomic E-state index is 0.0461. The van der Waals surface area contributed by atoms with Crippen LogP contribution in [0.3, 0.4) is 0 Å². The number of ether oxygens (including phenoxy) is 1. The van der Waals surface area contributed by atoms with Crippen LogP contribution in [0.1, 0.15) is 17.8 Å². The zero-order valence-electron chi connectivity index (χ0n) is 8.25. The van der Waals surface area contributed by atoms with Crippen molar-refractivity contribution in [1.29, 1.82) is 0 Å². The van der Waals surface area contributed by atoms with Crippen molar-refractivity contribution in [3.63, 3.8) is 0 Å². The van der Waals surface area contributed by atoms with Gasteiger partial charge in [-0.15, -0.1) is 10.2 Å². The van der Waals surface area contributed by atoms with Gasteiger partial charge in [0.05, 0.1) is 0 Å². The van der Waals surface area contributed by atoms with E-state index < -0.39 is 12.6 Å². The second-order valence-corrected chi connectivity index (χ2v) is 3.98. The van der Waals surface area contributed by atoms with E-state index in [1.807, 2.05) is 0 Å².